The topological polar surface area (TPSA) is 121 Å². The Hall–Kier alpha value is -4.15. The lowest BCUT2D eigenvalue weighted by molar-refractivity contribution is 0.000986. The summed E-state index contributed by atoms with van der Waals surface area (Å²) in [4.78, 5) is 42.1. The summed E-state index contributed by atoms with van der Waals surface area (Å²) < 4.78 is 48.2. The van der Waals surface area contributed by atoms with Crippen molar-refractivity contribution in [2.24, 2.45) is 0 Å². The van der Waals surface area contributed by atoms with E-state index in [-0.39, 0.29) is 74.4 Å². The minimum atomic E-state index is -0.952. The fourth-order valence-corrected chi connectivity index (χ4v) is 6.79. The molecule has 1 N–H and O–H groups in total. The van der Waals surface area contributed by atoms with Crippen molar-refractivity contribution in [3.8, 4) is 22.9 Å². The first-order valence-corrected chi connectivity index (χ1v) is 15.8. The monoisotopic (exact) mass is 674 g/mol. The molecule has 1 fully saturated rings. The molecule has 2 aromatic carbocycles. The number of piperazine rings is 1. The third kappa shape index (κ3) is 6.55. The number of amides is 3. The molecule has 2 aliphatic heterocycles. The highest BCUT2D eigenvalue weighted by Crippen LogP contribution is 2.47. The van der Waals surface area contributed by atoms with Gasteiger partial charge in [0.15, 0.2) is 11.6 Å². The van der Waals surface area contributed by atoms with Crippen LogP contribution in [0.1, 0.15) is 63.9 Å². The van der Waals surface area contributed by atoms with Crippen LogP contribution >= 0.6 is 22.9 Å². The molecule has 1 atom stereocenters. The quantitative estimate of drug-likeness (QED) is 0.298. The van der Waals surface area contributed by atoms with E-state index in [4.69, 9.17) is 25.8 Å². The number of thiophene rings is 1. The SMILES string of the molecule is CC(C)(C)OC(=O)Nc1sc2c(F)ccc(-c3c(Cl)cc4c(c3F)OCC[C@H]3CN(C(=O)OC(C)(C)C)CCN3C4=O)c2c1C#N. The summed E-state index contributed by atoms with van der Waals surface area (Å²) in [6.45, 7) is 11.0. The fourth-order valence-electron chi connectivity index (χ4n) is 5.43. The van der Waals surface area contributed by atoms with Crippen LogP contribution in [0.4, 0.5) is 23.4 Å². The van der Waals surface area contributed by atoms with Crippen molar-refractivity contribution in [3.05, 3.63) is 46.0 Å². The lowest BCUT2D eigenvalue weighted by Crippen LogP contribution is -2.58. The number of rotatable bonds is 2. The van der Waals surface area contributed by atoms with E-state index in [2.05, 4.69) is 5.32 Å². The number of ether oxygens (including phenoxy) is 3. The molecule has 0 saturated carbocycles. The molecule has 14 heteroatoms. The second-order valence-corrected chi connectivity index (χ2v) is 14.4. The summed E-state index contributed by atoms with van der Waals surface area (Å²) in [5.74, 6) is -2.48. The van der Waals surface area contributed by atoms with Gasteiger partial charge in [0.25, 0.3) is 5.91 Å². The number of carbonyl (C=O) groups is 3. The molecular formula is C32H33ClF2N4O6S. The molecule has 3 aromatic rings. The first-order valence-electron chi connectivity index (χ1n) is 14.6. The van der Waals surface area contributed by atoms with E-state index in [0.717, 1.165) is 17.4 Å². The number of nitrogens with zero attached hydrogens (tertiary/aromatic N) is 3. The van der Waals surface area contributed by atoms with Crippen LogP contribution < -0.4 is 10.1 Å². The molecule has 46 heavy (non-hydrogen) atoms. The predicted molar refractivity (Wildman–Crippen MR) is 170 cm³/mol. The van der Waals surface area contributed by atoms with Gasteiger partial charge >= 0.3 is 12.2 Å². The highest BCUT2D eigenvalue weighted by atomic mass is 35.5. The van der Waals surface area contributed by atoms with Crippen LogP contribution in [-0.2, 0) is 9.47 Å². The minimum absolute atomic E-state index is 0.00925. The minimum Gasteiger partial charge on any atom is -0.490 e. The van der Waals surface area contributed by atoms with Gasteiger partial charge in [-0.25, -0.2) is 18.4 Å². The van der Waals surface area contributed by atoms with E-state index in [0.29, 0.717) is 6.42 Å². The summed E-state index contributed by atoms with van der Waals surface area (Å²) in [5.41, 5.74) is -1.83. The molecule has 2 aliphatic rings. The van der Waals surface area contributed by atoms with E-state index in [9.17, 15) is 19.6 Å². The lowest BCUT2D eigenvalue weighted by atomic mass is 9.95. The zero-order valence-electron chi connectivity index (χ0n) is 26.2. The van der Waals surface area contributed by atoms with Crippen LogP contribution in [0.5, 0.6) is 5.75 Å². The molecule has 0 radical (unpaired) electrons. The van der Waals surface area contributed by atoms with Crippen LogP contribution in [-0.4, -0.2) is 71.4 Å². The Kier molecular flexibility index (Phi) is 8.83. The van der Waals surface area contributed by atoms with Crippen LogP contribution in [0.3, 0.4) is 0 Å². The fraction of sp³-hybridized carbons (Fsp3) is 0.438. The molecule has 3 heterocycles. The van der Waals surface area contributed by atoms with Gasteiger partial charge in [0.2, 0.25) is 0 Å². The van der Waals surface area contributed by atoms with Gasteiger partial charge < -0.3 is 24.0 Å². The first-order chi connectivity index (χ1) is 21.5. The maximum absolute atomic E-state index is 16.5. The molecule has 10 nitrogen and oxygen atoms in total. The average Bonchev–Trinajstić information content (AvgIpc) is 3.30. The van der Waals surface area contributed by atoms with E-state index in [1.165, 1.54) is 17.0 Å². The van der Waals surface area contributed by atoms with Crippen LogP contribution in [0, 0.1) is 23.0 Å². The Morgan fingerprint density at radius 2 is 1.80 bits per heavy atom. The van der Waals surface area contributed by atoms with Gasteiger partial charge in [-0.2, -0.15) is 5.26 Å². The number of halogens is 3. The Morgan fingerprint density at radius 1 is 1.11 bits per heavy atom. The number of hydrogen-bond acceptors (Lipinski definition) is 8. The Balaban J connectivity index is 1.53. The normalized spacial score (nSPS) is 16.9. The second-order valence-electron chi connectivity index (χ2n) is 13.0. The molecule has 244 valence electrons. The van der Waals surface area contributed by atoms with E-state index < -0.39 is 47.0 Å². The van der Waals surface area contributed by atoms with Gasteiger partial charge in [0, 0.05) is 37.0 Å². The van der Waals surface area contributed by atoms with E-state index in [1.54, 1.807) is 46.4 Å². The van der Waals surface area contributed by atoms with Gasteiger partial charge in [-0.1, -0.05) is 17.7 Å². The molecule has 0 aliphatic carbocycles. The number of nitriles is 1. The van der Waals surface area contributed by atoms with E-state index >= 15 is 8.78 Å². The number of carbonyl (C=O) groups excluding carboxylic acids is 3. The standard InChI is InChI=1S/C32H33ClF2N4O6S/c1-31(2,3)44-29(41)37-27-19(14-36)22-17(7-8-21(34)26(22)46-27)23-20(33)13-18-25(24(23)35)43-12-9-16-15-38(10-11-39(16)28(18)40)30(42)45-32(4,5)6/h7-8,13,16H,9-12,15H2,1-6H3,(H,37,41)/t16-/m0/s1. The highest BCUT2D eigenvalue weighted by Gasteiger charge is 2.38. The maximum atomic E-state index is 16.5. The third-order valence-corrected chi connectivity index (χ3v) is 8.69. The van der Waals surface area contributed by atoms with Gasteiger partial charge in [0.05, 0.1) is 33.5 Å². The van der Waals surface area contributed by atoms with Crippen molar-refractivity contribution in [2.75, 3.05) is 31.6 Å². The lowest BCUT2D eigenvalue weighted by Gasteiger charge is -2.42. The number of hydrogen-bond donors (Lipinski definition) is 1. The highest BCUT2D eigenvalue weighted by molar-refractivity contribution is 7.23. The van der Waals surface area contributed by atoms with Crippen molar-refractivity contribution >= 4 is 56.1 Å². The van der Waals surface area contributed by atoms with Crippen molar-refractivity contribution in [3.63, 3.8) is 0 Å². The summed E-state index contributed by atoms with van der Waals surface area (Å²) in [6, 6.07) is 5.28. The molecule has 1 aromatic heterocycles. The first kappa shape index (κ1) is 33.2. The number of fused-ring (bicyclic) bond motifs is 3. The van der Waals surface area contributed by atoms with Crippen molar-refractivity contribution in [1.29, 1.82) is 5.26 Å². The Labute approximate surface area is 273 Å². The zero-order chi connectivity index (χ0) is 33.7. The largest absolute Gasteiger partial charge is 0.490 e. The molecule has 1 saturated heterocycles. The van der Waals surface area contributed by atoms with Gasteiger partial charge in [-0.05, 0) is 59.2 Å². The molecule has 0 unspecified atom stereocenters. The molecule has 0 spiro atoms. The second kappa shape index (κ2) is 12.2. The number of nitrogens with one attached hydrogen (secondary N) is 1. The van der Waals surface area contributed by atoms with Crippen molar-refractivity contribution < 1.29 is 37.4 Å². The van der Waals surface area contributed by atoms with Crippen LogP contribution in [0.25, 0.3) is 21.2 Å². The Morgan fingerprint density at radius 3 is 2.46 bits per heavy atom. The summed E-state index contributed by atoms with van der Waals surface area (Å²) in [7, 11) is 0. The smallest absolute Gasteiger partial charge is 0.412 e. The molecule has 5 rings (SSSR count). The van der Waals surface area contributed by atoms with Gasteiger partial charge in [0.1, 0.15) is 28.1 Å². The summed E-state index contributed by atoms with van der Waals surface area (Å²) in [6.07, 6.45) is -1.02. The third-order valence-electron chi connectivity index (χ3n) is 7.28. The van der Waals surface area contributed by atoms with Gasteiger partial charge in [-0.15, -0.1) is 11.3 Å². The molecule has 3 amide bonds. The predicted octanol–water partition coefficient (Wildman–Crippen LogP) is 7.56. The van der Waals surface area contributed by atoms with Gasteiger partial charge in [-0.3, -0.25) is 10.1 Å². The zero-order valence-corrected chi connectivity index (χ0v) is 27.8. The number of anilines is 1. The maximum Gasteiger partial charge on any atom is 0.412 e. The van der Waals surface area contributed by atoms with Crippen molar-refractivity contribution in [2.45, 2.75) is 65.2 Å². The van der Waals surface area contributed by atoms with E-state index in [1.807, 2.05) is 6.07 Å². The Bertz CT molecular complexity index is 1790. The van der Waals surface area contributed by atoms with Crippen LogP contribution in [0.15, 0.2) is 18.2 Å². The molecular weight excluding hydrogens is 642 g/mol. The van der Waals surface area contributed by atoms with Crippen molar-refractivity contribution in [1.82, 2.24) is 9.80 Å². The number of benzene rings is 2. The summed E-state index contributed by atoms with van der Waals surface area (Å²) in [5, 5.41) is 12.5. The van der Waals surface area contributed by atoms with Crippen LogP contribution in [0.2, 0.25) is 5.02 Å². The average molecular weight is 675 g/mol. The molecule has 0 bridgehead atoms. The summed E-state index contributed by atoms with van der Waals surface area (Å²) >= 11 is 7.46.